The Bertz CT molecular complexity index is 1550. The van der Waals surface area contributed by atoms with Crippen LogP contribution >= 0.6 is 0 Å². The van der Waals surface area contributed by atoms with Crippen molar-refractivity contribution in [2.24, 2.45) is 11.7 Å². The molecule has 9 heteroatoms. The first-order valence-electron chi connectivity index (χ1n) is 12.1. The number of ether oxygens (including phenoxy) is 1. The molecule has 0 radical (unpaired) electrons. The molecule has 0 spiro atoms. The maximum Gasteiger partial charge on any atom is 0.324 e. The Balaban J connectivity index is 1.75. The zero-order chi connectivity index (χ0) is 27.2. The largest absolute Gasteiger partial charge is 0.443 e. The molecule has 1 aromatic carbocycles. The Morgan fingerprint density at radius 1 is 1.18 bits per heavy atom. The Morgan fingerprint density at radius 3 is 2.71 bits per heavy atom. The van der Waals surface area contributed by atoms with Gasteiger partial charge in [-0.05, 0) is 48.2 Å². The van der Waals surface area contributed by atoms with Gasteiger partial charge in [-0.2, -0.15) is 5.26 Å². The van der Waals surface area contributed by atoms with Crippen molar-refractivity contribution < 1.29 is 14.3 Å². The van der Waals surface area contributed by atoms with E-state index in [1.165, 1.54) is 6.08 Å². The fourth-order valence-electron chi connectivity index (χ4n) is 4.12. The average molecular weight is 509 g/mol. The minimum atomic E-state index is -0.704. The van der Waals surface area contributed by atoms with Crippen molar-refractivity contribution in [2.75, 3.05) is 5.32 Å². The van der Waals surface area contributed by atoms with E-state index in [0.717, 1.165) is 27.6 Å². The molecule has 9 nitrogen and oxygen atoms in total. The van der Waals surface area contributed by atoms with Crippen LogP contribution in [0.15, 0.2) is 73.8 Å². The zero-order valence-electron chi connectivity index (χ0n) is 21.2. The smallest absolute Gasteiger partial charge is 0.324 e. The van der Waals surface area contributed by atoms with Gasteiger partial charge in [-0.15, -0.1) is 0 Å². The molecule has 1 unspecified atom stereocenters. The Hall–Kier alpha value is -4.81. The number of pyridine rings is 2. The van der Waals surface area contributed by atoms with E-state index in [-0.39, 0.29) is 18.6 Å². The van der Waals surface area contributed by atoms with E-state index >= 15 is 0 Å². The van der Waals surface area contributed by atoms with E-state index in [1.54, 1.807) is 41.4 Å². The first-order chi connectivity index (χ1) is 18.3. The highest BCUT2D eigenvalue weighted by molar-refractivity contribution is 5.99. The van der Waals surface area contributed by atoms with Crippen molar-refractivity contribution in [3.8, 4) is 28.3 Å². The molecule has 0 aliphatic heterocycles. The average Bonchev–Trinajstić information content (AvgIpc) is 3.29. The summed E-state index contributed by atoms with van der Waals surface area (Å²) in [5.74, 6) is -0.547. The molecule has 4 rings (SSSR count). The number of nitrogens with two attached hydrogens (primary N) is 1. The number of esters is 1. The minimum absolute atomic E-state index is 0.0595. The Morgan fingerprint density at radius 2 is 1.97 bits per heavy atom. The van der Waals surface area contributed by atoms with Crippen molar-refractivity contribution in [2.45, 2.75) is 33.0 Å². The van der Waals surface area contributed by atoms with Crippen LogP contribution in [0, 0.1) is 17.2 Å². The molecule has 1 atom stereocenters. The van der Waals surface area contributed by atoms with E-state index in [4.69, 9.17) is 10.5 Å². The van der Waals surface area contributed by atoms with Crippen LogP contribution in [0.3, 0.4) is 0 Å². The summed E-state index contributed by atoms with van der Waals surface area (Å²) < 4.78 is 7.26. The SMILES string of the molecule is C=CC(=O)Nc1cncc(-c2cnc3c(c2)c(-c2cccc(C#N)c2)cn3COC(=O)C(N)CC(C)C)c1. The minimum Gasteiger partial charge on any atom is -0.443 e. The van der Waals surface area contributed by atoms with Crippen molar-refractivity contribution in [1.82, 2.24) is 14.5 Å². The second-order valence-corrected chi connectivity index (χ2v) is 9.28. The molecule has 3 aromatic heterocycles. The van der Waals surface area contributed by atoms with Crippen LogP contribution in [0.5, 0.6) is 0 Å². The van der Waals surface area contributed by atoms with Gasteiger partial charge in [0.1, 0.15) is 11.7 Å². The number of benzene rings is 1. The lowest BCUT2D eigenvalue weighted by Crippen LogP contribution is -2.33. The lowest BCUT2D eigenvalue weighted by molar-refractivity contribution is -0.149. The van der Waals surface area contributed by atoms with Crippen molar-refractivity contribution >= 4 is 28.6 Å². The van der Waals surface area contributed by atoms with Crippen LogP contribution < -0.4 is 11.1 Å². The number of carbonyl (C=O) groups excluding carboxylic acids is 2. The molecule has 0 bridgehead atoms. The number of nitrogens with one attached hydrogen (secondary N) is 1. The molecular formula is C29H28N6O3. The van der Waals surface area contributed by atoms with Gasteiger partial charge in [0.15, 0.2) is 6.73 Å². The highest BCUT2D eigenvalue weighted by atomic mass is 16.5. The number of hydrogen-bond donors (Lipinski definition) is 2. The second kappa shape index (κ2) is 11.5. The number of nitrogens with zero attached hydrogens (tertiary/aromatic N) is 4. The van der Waals surface area contributed by atoms with Crippen LogP contribution in [0.4, 0.5) is 5.69 Å². The predicted molar refractivity (Wildman–Crippen MR) is 145 cm³/mol. The van der Waals surface area contributed by atoms with Gasteiger partial charge in [-0.25, -0.2) is 4.98 Å². The number of fused-ring (bicyclic) bond motifs is 1. The van der Waals surface area contributed by atoms with Gasteiger partial charge in [-0.3, -0.25) is 19.1 Å². The summed E-state index contributed by atoms with van der Waals surface area (Å²) in [6, 6.07) is 12.5. The molecule has 0 aliphatic rings. The van der Waals surface area contributed by atoms with E-state index in [2.05, 4.69) is 27.9 Å². The Labute approximate surface area is 220 Å². The molecule has 0 saturated heterocycles. The second-order valence-electron chi connectivity index (χ2n) is 9.28. The number of carbonyl (C=O) groups is 2. The van der Waals surface area contributed by atoms with E-state index in [1.807, 2.05) is 38.2 Å². The van der Waals surface area contributed by atoms with Gasteiger partial charge in [0.2, 0.25) is 5.91 Å². The molecular weight excluding hydrogens is 480 g/mol. The summed E-state index contributed by atoms with van der Waals surface area (Å²) in [5.41, 5.74) is 10.8. The topological polar surface area (TPSA) is 136 Å². The number of aromatic nitrogens is 3. The normalized spacial score (nSPS) is 11.7. The fourth-order valence-corrected chi connectivity index (χ4v) is 4.12. The molecule has 0 aliphatic carbocycles. The standard InChI is InChI=1S/C29H28N6O3/c1-4-27(36)34-23-10-21(13-32-15-23)22-11-24-25(20-7-5-6-19(9-20)12-30)16-35(28(24)33-14-22)17-38-29(37)26(31)8-18(2)3/h4-7,9-11,13-16,18,26H,1,8,17,31H2,2-3H3,(H,34,36). The third-order valence-electron chi connectivity index (χ3n) is 5.91. The molecule has 1 amide bonds. The van der Waals surface area contributed by atoms with Gasteiger partial charge in [-0.1, -0.05) is 32.6 Å². The number of anilines is 1. The molecule has 38 heavy (non-hydrogen) atoms. The maximum absolute atomic E-state index is 12.5. The van der Waals surface area contributed by atoms with Crippen molar-refractivity contribution in [1.29, 1.82) is 5.26 Å². The first-order valence-corrected chi connectivity index (χ1v) is 12.1. The lowest BCUT2D eigenvalue weighted by Gasteiger charge is -2.14. The Kier molecular flexibility index (Phi) is 7.94. The number of hydrogen-bond acceptors (Lipinski definition) is 7. The lowest BCUT2D eigenvalue weighted by atomic mass is 10.0. The number of nitriles is 1. The highest BCUT2D eigenvalue weighted by Crippen LogP contribution is 2.33. The summed E-state index contributed by atoms with van der Waals surface area (Å²) in [5, 5.41) is 12.9. The summed E-state index contributed by atoms with van der Waals surface area (Å²) in [7, 11) is 0. The zero-order valence-corrected chi connectivity index (χ0v) is 21.2. The maximum atomic E-state index is 12.5. The van der Waals surface area contributed by atoms with Crippen LogP contribution in [0.1, 0.15) is 25.8 Å². The highest BCUT2D eigenvalue weighted by Gasteiger charge is 2.19. The van der Waals surface area contributed by atoms with Crippen molar-refractivity contribution in [3.05, 3.63) is 79.4 Å². The first kappa shape index (κ1) is 26.3. The summed E-state index contributed by atoms with van der Waals surface area (Å²) in [6.45, 7) is 7.40. The van der Waals surface area contributed by atoms with Gasteiger partial charge < -0.3 is 15.8 Å². The van der Waals surface area contributed by atoms with Crippen LogP contribution in [0.25, 0.3) is 33.3 Å². The van der Waals surface area contributed by atoms with Gasteiger partial charge >= 0.3 is 5.97 Å². The molecule has 0 fully saturated rings. The summed E-state index contributed by atoms with van der Waals surface area (Å²) in [4.78, 5) is 33.1. The molecule has 4 aromatic rings. The fraction of sp³-hybridized carbons (Fsp3) is 0.207. The quantitative estimate of drug-likeness (QED) is 0.248. The van der Waals surface area contributed by atoms with Crippen molar-refractivity contribution in [3.63, 3.8) is 0 Å². The van der Waals surface area contributed by atoms with Crippen LogP contribution in [-0.4, -0.2) is 32.5 Å². The molecule has 192 valence electrons. The monoisotopic (exact) mass is 508 g/mol. The molecule has 3 N–H and O–H groups in total. The number of rotatable bonds is 9. The van der Waals surface area contributed by atoms with E-state index in [0.29, 0.717) is 23.3 Å². The summed E-state index contributed by atoms with van der Waals surface area (Å²) in [6.07, 6.45) is 8.48. The van der Waals surface area contributed by atoms with Gasteiger partial charge in [0.25, 0.3) is 0 Å². The third kappa shape index (κ3) is 5.94. The predicted octanol–water partition coefficient (Wildman–Crippen LogP) is 4.64. The molecule has 0 saturated carbocycles. The van der Waals surface area contributed by atoms with E-state index in [9.17, 15) is 14.9 Å². The van der Waals surface area contributed by atoms with Crippen LogP contribution in [-0.2, 0) is 21.1 Å². The summed E-state index contributed by atoms with van der Waals surface area (Å²) >= 11 is 0. The van der Waals surface area contributed by atoms with E-state index < -0.39 is 12.0 Å². The third-order valence-corrected chi connectivity index (χ3v) is 5.91. The molecule has 3 heterocycles. The van der Waals surface area contributed by atoms with Gasteiger partial charge in [0, 0.05) is 40.7 Å². The van der Waals surface area contributed by atoms with Crippen LogP contribution in [0.2, 0.25) is 0 Å². The number of amides is 1. The van der Waals surface area contributed by atoms with Gasteiger partial charge in [0.05, 0.1) is 23.5 Å².